The van der Waals surface area contributed by atoms with E-state index in [9.17, 15) is 18.0 Å². The Morgan fingerprint density at radius 1 is 1.03 bits per heavy atom. The van der Waals surface area contributed by atoms with Crippen LogP contribution in [0.5, 0.6) is 0 Å². The van der Waals surface area contributed by atoms with Crippen molar-refractivity contribution in [3.8, 4) is 0 Å². The number of para-hydroxylation sites is 1. The van der Waals surface area contributed by atoms with E-state index in [1.165, 1.54) is 43.2 Å². The van der Waals surface area contributed by atoms with Crippen molar-refractivity contribution in [2.75, 3.05) is 58.1 Å². The molecule has 220 valence electrons. The molecular weight excluding hydrogens is 529 g/mol. The number of halogens is 3. The lowest BCUT2D eigenvalue weighted by Crippen LogP contribution is -2.49. The Kier molecular flexibility index (Phi) is 11.8. The Morgan fingerprint density at radius 3 is 2.33 bits per heavy atom. The number of thioether (sulfide) groups is 1. The molecule has 1 amide bonds. The Hall–Kier alpha value is -1.98. The zero-order chi connectivity index (χ0) is 28.5. The van der Waals surface area contributed by atoms with Crippen molar-refractivity contribution in [1.29, 1.82) is 0 Å². The van der Waals surface area contributed by atoms with Gasteiger partial charge in [-0.2, -0.15) is 13.2 Å². The van der Waals surface area contributed by atoms with Gasteiger partial charge in [-0.25, -0.2) is 9.78 Å². The Balaban J connectivity index is 1.41. The van der Waals surface area contributed by atoms with Crippen molar-refractivity contribution < 1.29 is 27.1 Å². The van der Waals surface area contributed by atoms with Gasteiger partial charge in [0, 0.05) is 58.1 Å². The number of hydrogen-bond donors (Lipinski definition) is 0. The van der Waals surface area contributed by atoms with Gasteiger partial charge in [-0.3, -0.25) is 9.80 Å². The van der Waals surface area contributed by atoms with Gasteiger partial charge in [0.15, 0.2) is 5.58 Å². The third kappa shape index (κ3) is 10.5. The normalized spacial score (nSPS) is 15.7. The molecule has 1 aromatic heterocycles. The Labute approximate surface area is 234 Å². The number of ether oxygens (including phenoxy) is 1. The van der Waals surface area contributed by atoms with Crippen LogP contribution in [-0.2, 0) is 10.9 Å². The minimum absolute atomic E-state index is 0.206. The summed E-state index contributed by atoms with van der Waals surface area (Å²) in [4.78, 5) is 23.6. The van der Waals surface area contributed by atoms with E-state index in [0.717, 1.165) is 64.7 Å². The van der Waals surface area contributed by atoms with Crippen molar-refractivity contribution in [2.24, 2.45) is 0 Å². The molecule has 2 heterocycles. The predicted molar refractivity (Wildman–Crippen MR) is 149 cm³/mol. The molecule has 0 bridgehead atoms. The molecule has 1 aliphatic rings. The molecule has 1 saturated heterocycles. The second kappa shape index (κ2) is 14.6. The van der Waals surface area contributed by atoms with Gasteiger partial charge in [0.05, 0.1) is 0 Å². The number of carbonyl (C=O) groups is 1. The summed E-state index contributed by atoms with van der Waals surface area (Å²) in [7, 11) is 0. The molecule has 2 aromatic rings. The van der Waals surface area contributed by atoms with Crippen LogP contribution < -0.4 is 0 Å². The molecule has 0 aliphatic carbocycles. The minimum Gasteiger partial charge on any atom is -0.444 e. The molecule has 7 nitrogen and oxygen atoms in total. The zero-order valence-electron chi connectivity index (χ0n) is 23.7. The molecular formula is C28H43F3N4O3S. The number of alkyl halides is 3. The topological polar surface area (TPSA) is 62.0 Å². The number of piperazine rings is 1. The van der Waals surface area contributed by atoms with E-state index in [4.69, 9.17) is 9.15 Å². The number of benzene rings is 1. The van der Waals surface area contributed by atoms with Crippen molar-refractivity contribution in [3.63, 3.8) is 0 Å². The molecule has 0 unspecified atom stereocenters. The first-order valence-electron chi connectivity index (χ1n) is 14.0. The van der Waals surface area contributed by atoms with Gasteiger partial charge in [-0.15, -0.1) is 0 Å². The third-order valence-corrected chi connectivity index (χ3v) is 7.48. The third-order valence-electron chi connectivity index (χ3n) is 6.67. The number of hydrogen-bond acceptors (Lipinski definition) is 7. The molecule has 39 heavy (non-hydrogen) atoms. The molecule has 0 radical (unpaired) electrons. The number of amides is 1. The van der Waals surface area contributed by atoms with Gasteiger partial charge < -0.3 is 14.1 Å². The standard InChI is InChI=1S/C28H43F3N4O3S/c1-5-6-7-8-9-13-35(26(36)38-27(2,3)4)19-18-33-14-16-34(17-15-33)20-21-39-25-32-23-12-10-11-22(24(23)37-25)28(29,30)31/h10-12H,5-9,13-21H2,1-4H3. The van der Waals surface area contributed by atoms with Crippen molar-refractivity contribution >= 4 is 29.0 Å². The second-order valence-electron chi connectivity index (χ2n) is 11.0. The van der Waals surface area contributed by atoms with Crippen LogP contribution in [0.1, 0.15) is 65.4 Å². The molecule has 0 saturated carbocycles. The Morgan fingerprint density at radius 2 is 1.69 bits per heavy atom. The maximum Gasteiger partial charge on any atom is 0.420 e. The van der Waals surface area contributed by atoms with E-state index < -0.39 is 17.3 Å². The summed E-state index contributed by atoms with van der Waals surface area (Å²) in [6.45, 7) is 14.5. The lowest BCUT2D eigenvalue weighted by molar-refractivity contribution is -0.136. The zero-order valence-corrected chi connectivity index (χ0v) is 24.5. The van der Waals surface area contributed by atoms with Gasteiger partial charge in [0.1, 0.15) is 16.7 Å². The van der Waals surface area contributed by atoms with Gasteiger partial charge in [-0.1, -0.05) is 50.4 Å². The second-order valence-corrected chi connectivity index (χ2v) is 12.1. The summed E-state index contributed by atoms with van der Waals surface area (Å²) >= 11 is 1.34. The smallest absolute Gasteiger partial charge is 0.420 e. The lowest BCUT2D eigenvalue weighted by Gasteiger charge is -2.36. The van der Waals surface area contributed by atoms with Crippen molar-refractivity contribution in [1.82, 2.24) is 19.7 Å². The number of rotatable bonds is 13. The first kappa shape index (κ1) is 31.5. The molecule has 0 atom stereocenters. The van der Waals surface area contributed by atoms with Crippen LogP contribution in [0.4, 0.5) is 18.0 Å². The first-order valence-corrected chi connectivity index (χ1v) is 15.0. The molecule has 1 aromatic carbocycles. The maximum absolute atomic E-state index is 13.2. The highest BCUT2D eigenvalue weighted by atomic mass is 32.2. The van der Waals surface area contributed by atoms with E-state index in [0.29, 0.717) is 12.3 Å². The highest BCUT2D eigenvalue weighted by molar-refractivity contribution is 7.99. The first-order chi connectivity index (χ1) is 18.5. The van der Waals surface area contributed by atoms with Crippen LogP contribution in [0.25, 0.3) is 11.1 Å². The summed E-state index contributed by atoms with van der Waals surface area (Å²) in [5.41, 5.74) is -1.29. The van der Waals surface area contributed by atoms with Gasteiger partial charge in [0.25, 0.3) is 5.22 Å². The van der Waals surface area contributed by atoms with E-state index in [2.05, 4.69) is 21.7 Å². The lowest BCUT2D eigenvalue weighted by atomic mass is 10.1. The Bertz CT molecular complexity index is 1030. The highest BCUT2D eigenvalue weighted by Gasteiger charge is 2.34. The highest BCUT2D eigenvalue weighted by Crippen LogP contribution is 2.36. The number of carbonyl (C=O) groups excluding carboxylic acids is 1. The largest absolute Gasteiger partial charge is 0.444 e. The monoisotopic (exact) mass is 572 g/mol. The summed E-state index contributed by atoms with van der Waals surface area (Å²) in [6.07, 6.45) is 1.01. The number of nitrogens with zero attached hydrogens (tertiary/aromatic N) is 4. The van der Waals surface area contributed by atoms with E-state index in [1.807, 2.05) is 25.7 Å². The van der Waals surface area contributed by atoms with E-state index in [-0.39, 0.29) is 22.4 Å². The fourth-order valence-electron chi connectivity index (χ4n) is 4.50. The fourth-order valence-corrected chi connectivity index (χ4v) is 5.33. The van der Waals surface area contributed by atoms with Gasteiger partial charge in [0.2, 0.25) is 0 Å². The van der Waals surface area contributed by atoms with Crippen molar-refractivity contribution in [2.45, 2.75) is 76.8 Å². The SMILES string of the molecule is CCCCCCCN(CCN1CCN(CCSc2nc3cccc(C(F)(F)F)c3o2)CC1)C(=O)OC(C)(C)C. The van der Waals surface area contributed by atoms with Crippen LogP contribution in [0.15, 0.2) is 27.8 Å². The fraction of sp³-hybridized carbons (Fsp3) is 0.714. The molecule has 11 heteroatoms. The molecule has 3 rings (SSSR count). The summed E-state index contributed by atoms with van der Waals surface area (Å²) < 4.78 is 50.8. The summed E-state index contributed by atoms with van der Waals surface area (Å²) in [5, 5.41) is 0.261. The number of fused-ring (bicyclic) bond motifs is 1. The van der Waals surface area contributed by atoms with Gasteiger partial charge in [-0.05, 0) is 39.3 Å². The van der Waals surface area contributed by atoms with Crippen LogP contribution in [0.3, 0.4) is 0 Å². The van der Waals surface area contributed by atoms with E-state index in [1.54, 1.807) is 0 Å². The van der Waals surface area contributed by atoms with Crippen LogP contribution >= 0.6 is 11.8 Å². The van der Waals surface area contributed by atoms with Gasteiger partial charge >= 0.3 is 12.3 Å². The van der Waals surface area contributed by atoms with Crippen LogP contribution in [-0.4, -0.2) is 89.5 Å². The number of aromatic nitrogens is 1. The minimum atomic E-state index is -4.47. The number of oxazole rings is 1. The molecule has 0 spiro atoms. The van der Waals surface area contributed by atoms with E-state index >= 15 is 0 Å². The van der Waals surface area contributed by atoms with Crippen LogP contribution in [0.2, 0.25) is 0 Å². The summed E-state index contributed by atoms with van der Waals surface area (Å²) in [6, 6.07) is 3.90. The quantitative estimate of drug-likeness (QED) is 0.194. The average molecular weight is 573 g/mol. The average Bonchev–Trinajstić information content (AvgIpc) is 3.27. The summed E-state index contributed by atoms with van der Waals surface area (Å²) in [5.74, 6) is 0.679. The number of unbranched alkanes of at least 4 members (excludes halogenated alkanes) is 4. The maximum atomic E-state index is 13.2. The molecule has 0 N–H and O–H groups in total. The van der Waals surface area contributed by atoms with Crippen LogP contribution in [0, 0.1) is 0 Å². The molecule has 1 aliphatic heterocycles. The molecule has 1 fully saturated rings. The van der Waals surface area contributed by atoms with Crippen molar-refractivity contribution in [3.05, 3.63) is 23.8 Å². The predicted octanol–water partition coefficient (Wildman–Crippen LogP) is 6.76.